The Morgan fingerprint density at radius 2 is 2.06 bits per heavy atom. The van der Waals surface area contributed by atoms with E-state index in [9.17, 15) is 19.7 Å². The number of nitrogens with zero attached hydrogens (tertiary/aromatic N) is 1. The molecule has 1 aromatic rings. The van der Waals surface area contributed by atoms with Crippen molar-refractivity contribution in [2.75, 3.05) is 7.05 Å². The van der Waals surface area contributed by atoms with Gasteiger partial charge in [-0.1, -0.05) is 35.7 Å². The molecule has 2 N–H and O–H groups in total. The number of aromatic hydroxyl groups is 1. The molecule has 2 saturated heterocycles. The number of halogens is 1. The summed E-state index contributed by atoms with van der Waals surface area (Å²) in [5.74, 6) is -0.988. The third-order valence-electron chi connectivity index (χ3n) is 7.14. The molecule has 0 spiro atoms. The molecule has 4 rings (SSSR count). The van der Waals surface area contributed by atoms with Crippen molar-refractivity contribution >= 4 is 36.6 Å². The number of benzene rings is 1. The van der Waals surface area contributed by atoms with E-state index in [0.717, 1.165) is 29.6 Å². The van der Waals surface area contributed by atoms with Crippen molar-refractivity contribution in [3.63, 3.8) is 0 Å². The van der Waals surface area contributed by atoms with E-state index in [1.165, 1.54) is 16.5 Å². The van der Waals surface area contributed by atoms with Crippen LogP contribution in [0.1, 0.15) is 45.1 Å². The van der Waals surface area contributed by atoms with E-state index < -0.39 is 13.0 Å². The fourth-order valence-electron chi connectivity index (χ4n) is 5.59. The summed E-state index contributed by atoms with van der Waals surface area (Å²) in [5, 5.41) is 20.5. The second kappa shape index (κ2) is 9.04. The lowest BCUT2D eigenvalue weighted by Crippen LogP contribution is -2.46. The van der Waals surface area contributed by atoms with Gasteiger partial charge in [-0.2, -0.15) is 0 Å². The maximum absolute atomic E-state index is 12.9. The molecule has 4 atom stereocenters. The molecule has 1 aliphatic carbocycles. The average Bonchev–Trinajstić information content (AvgIpc) is 2.97. The number of amides is 2. The van der Waals surface area contributed by atoms with Gasteiger partial charge in [0.05, 0.1) is 23.0 Å². The Labute approximate surface area is 194 Å². The highest BCUT2D eigenvalue weighted by atomic mass is 35.5. The average molecular weight is 458 g/mol. The number of fused-ring (bicyclic) bond motifs is 3. The second-order valence-electron chi connectivity index (χ2n) is 9.14. The molecule has 0 bridgehead atoms. The summed E-state index contributed by atoms with van der Waals surface area (Å²) in [4.78, 5) is 26.8. The van der Waals surface area contributed by atoms with Crippen LogP contribution in [0.2, 0.25) is 11.3 Å². The maximum atomic E-state index is 12.9. The Bertz CT molecular complexity index is 1010. The fourth-order valence-corrected chi connectivity index (χ4v) is 5.82. The third-order valence-corrected chi connectivity index (χ3v) is 7.47. The SMILES string of the molecule is CCC1=C2[C@@H](CC/C(C)=C/c3ccc(O)cc3Cl)OB(O)C[C@@H]2[C@@H]2C(=O)N(C)C(=O)[C@@H]2C1. The van der Waals surface area contributed by atoms with Crippen LogP contribution in [0.15, 0.2) is 34.9 Å². The molecule has 0 unspecified atom stereocenters. The lowest BCUT2D eigenvalue weighted by atomic mass is 9.58. The van der Waals surface area contributed by atoms with E-state index in [0.29, 0.717) is 24.2 Å². The van der Waals surface area contributed by atoms with Crippen LogP contribution in [-0.4, -0.2) is 47.1 Å². The first-order valence-electron chi connectivity index (χ1n) is 11.2. The van der Waals surface area contributed by atoms with Gasteiger partial charge >= 0.3 is 7.12 Å². The van der Waals surface area contributed by atoms with Crippen LogP contribution in [-0.2, 0) is 14.2 Å². The topological polar surface area (TPSA) is 87.1 Å². The Morgan fingerprint density at radius 3 is 2.75 bits per heavy atom. The van der Waals surface area contributed by atoms with Crippen LogP contribution in [0.4, 0.5) is 0 Å². The number of likely N-dealkylation sites (tertiary alicyclic amines) is 1. The van der Waals surface area contributed by atoms with Gasteiger partial charge in [0.15, 0.2) is 0 Å². The van der Waals surface area contributed by atoms with Gasteiger partial charge in [0.2, 0.25) is 11.8 Å². The molecule has 2 amide bonds. The van der Waals surface area contributed by atoms with Crippen molar-refractivity contribution in [2.45, 2.75) is 52.0 Å². The molecule has 1 aromatic carbocycles. The molecule has 0 radical (unpaired) electrons. The van der Waals surface area contributed by atoms with Gasteiger partial charge in [-0.25, -0.2) is 0 Å². The summed E-state index contributed by atoms with van der Waals surface area (Å²) < 4.78 is 5.97. The van der Waals surface area contributed by atoms with E-state index in [2.05, 4.69) is 6.92 Å². The van der Waals surface area contributed by atoms with Crippen molar-refractivity contribution < 1.29 is 24.4 Å². The van der Waals surface area contributed by atoms with Crippen LogP contribution in [0.3, 0.4) is 0 Å². The quantitative estimate of drug-likeness (QED) is 0.395. The minimum atomic E-state index is -0.949. The van der Waals surface area contributed by atoms with Crippen LogP contribution in [0.5, 0.6) is 5.75 Å². The molecular formula is C24H29BClNO5. The van der Waals surface area contributed by atoms with Gasteiger partial charge < -0.3 is 14.8 Å². The minimum absolute atomic E-state index is 0.105. The third kappa shape index (κ3) is 4.14. The molecule has 6 nitrogen and oxygen atoms in total. The Morgan fingerprint density at radius 1 is 1.31 bits per heavy atom. The van der Waals surface area contributed by atoms with Gasteiger partial charge in [-0.3, -0.25) is 14.5 Å². The lowest BCUT2D eigenvalue weighted by Gasteiger charge is -2.43. The van der Waals surface area contributed by atoms with Crippen molar-refractivity contribution in [1.82, 2.24) is 4.90 Å². The van der Waals surface area contributed by atoms with Crippen molar-refractivity contribution in [1.29, 1.82) is 0 Å². The first-order valence-corrected chi connectivity index (χ1v) is 11.6. The standard InChI is InChI=1S/C24H29BClNO5/c1-4-14-10-17-22(24(30)27(3)23(17)29)18-12-25(31)32-20(21(14)18)8-5-13(2)9-15-6-7-16(28)11-19(15)26/h6-7,9,11,17-18,20,22,28,31H,4-5,8,10,12H2,1-3H3/b13-9+/t17-,18+,20-,22-/m1/s1. The molecule has 0 saturated carbocycles. The Hall–Kier alpha value is -2.09. The number of hydrogen-bond donors (Lipinski definition) is 2. The van der Waals surface area contributed by atoms with Gasteiger partial charge in [0.1, 0.15) is 5.75 Å². The van der Waals surface area contributed by atoms with E-state index in [-0.39, 0.29) is 35.5 Å². The number of hydrogen-bond acceptors (Lipinski definition) is 5. The molecule has 170 valence electrons. The summed E-state index contributed by atoms with van der Waals surface area (Å²) in [6.07, 6.45) is 4.83. The lowest BCUT2D eigenvalue weighted by molar-refractivity contribution is -0.138. The van der Waals surface area contributed by atoms with Crippen LogP contribution < -0.4 is 0 Å². The molecule has 2 fully saturated rings. The monoisotopic (exact) mass is 457 g/mol. The highest BCUT2D eigenvalue weighted by Crippen LogP contribution is 2.50. The molecule has 2 aliphatic heterocycles. The van der Waals surface area contributed by atoms with Crippen LogP contribution >= 0.6 is 11.6 Å². The van der Waals surface area contributed by atoms with Gasteiger partial charge in [0.25, 0.3) is 0 Å². The van der Waals surface area contributed by atoms with Crippen molar-refractivity contribution in [2.24, 2.45) is 17.8 Å². The molecule has 32 heavy (non-hydrogen) atoms. The Balaban J connectivity index is 1.57. The summed E-state index contributed by atoms with van der Waals surface area (Å²) in [6, 6.07) is 4.89. The number of rotatable bonds is 5. The van der Waals surface area contributed by atoms with Crippen LogP contribution in [0, 0.1) is 17.8 Å². The predicted octanol–water partition coefficient (Wildman–Crippen LogP) is 4.07. The number of carbonyl (C=O) groups is 2. The number of carbonyl (C=O) groups excluding carboxylic acids is 2. The normalized spacial score (nSPS) is 28.3. The van der Waals surface area contributed by atoms with E-state index in [4.69, 9.17) is 16.3 Å². The molecule has 0 aromatic heterocycles. The summed E-state index contributed by atoms with van der Waals surface area (Å²) >= 11 is 6.23. The van der Waals surface area contributed by atoms with E-state index >= 15 is 0 Å². The first-order chi connectivity index (χ1) is 15.2. The van der Waals surface area contributed by atoms with E-state index in [1.54, 1.807) is 19.2 Å². The second-order valence-corrected chi connectivity index (χ2v) is 9.55. The van der Waals surface area contributed by atoms with Crippen molar-refractivity contribution in [3.8, 4) is 5.75 Å². The molecular weight excluding hydrogens is 429 g/mol. The maximum Gasteiger partial charge on any atom is 0.455 e. The minimum Gasteiger partial charge on any atom is -0.508 e. The first kappa shape index (κ1) is 23.1. The molecule has 8 heteroatoms. The highest BCUT2D eigenvalue weighted by Gasteiger charge is 2.56. The van der Waals surface area contributed by atoms with Crippen LogP contribution in [0.25, 0.3) is 6.08 Å². The van der Waals surface area contributed by atoms with Gasteiger partial charge in [-0.15, -0.1) is 0 Å². The zero-order valence-electron chi connectivity index (χ0n) is 18.7. The van der Waals surface area contributed by atoms with Gasteiger partial charge in [0, 0.05) is 7.05 Å². The van der Waals surface area contributed by atoms with E-state index in [1.807, 2.05) is 13.0 Å². The smallest absolute Gasteiger partial charge is 0.455 e. The number of phenols is 1. The molecule has 2 heterocycles. The summed E-state index contributed by atoms with van der Waals surface area (Å²) in [5.41, 5.74) is 4.23. The molecule has 3 aliphatic rings. The fraction of sp³-hybridized carbons (Fsp3) is 0.500. The number of imide groups is 1. The zero-order chi connectivity index (χ0) is 23.2. The predicted molar refractivity (Wildman–Crippen MR) is 124 cm³/mol. The largest absolute Gasteiger partial charge is 0.508 e. The number of allylic oxidation sites excluding steroid dienone is 2. The Kier molecular flexibility index (Phi) is 6.52. The number of phenolic OH excluding ortho intramolecular Hbond substituents is 1. The highest BCUT2D eigenvalue weighted by molar-refractivity contribution is 6.43. The van der Waals surface area contributed by atoms with Crippen molar-refractivity contribution in [3.05, 3.63) is 45.5 Å². The summed E-state index contributed by atoms with van der Waals surface area (Å²) in [7, 11) is 0.611. The zero-order valence-corrected chi connectivity index (χ0v) is 19.4. The van der Waals surface area contributed by atoms with Gasteiger partial charge in [-0.05, 0) is 74.2 Å². The summed E-state index contributed by atoms with van der Waals surface area (Å²) in [6.45, 7) is 4.09.